The van der Waals surface area contributed by atoms with Crippen molar-refractivity contribution in [3.8, 4) is 40.2 Å². The Balaban J connectivity index is 1.14. The third-order valence-corrected chi connectivity index (χ3v) is 16.6. The Hall–Kier alpha value is -9.53. The van der Waals surface area contributed by atoms with Crippen molar-refractivity contribution in [3.05, 3.63) is 187 Å². The molecule has 22 heteroatoms. The number of nitrogens with zero attached hydrogens (tertiary/aromatic N) is 6. The number of fused-ring (bicyclic) bond motifs is 3. The maximum Gasteiger partial charge on any atom is 0.426 e. The number of hydrogen-bond acceptors (Lipinski definition) is 16. The van der Waals surface area contributed by atoms with Gasteiger partial charge in [0.15, 0.2) is 26.4 Å². The molecule has 9 aromatic rings. The van der Waals surface area contributed by atoms with Crippen molar-refractivity contribution in [2.75, 3.05) is 7.11 Å². The highest BCUT2D eigenvalue weighted by Crippen LogP contribution is 2.45. The van der Waals surface area contributed by atoms with Gasteiger partial charge in [0.2, 0.25) is 33.4 Å². The second-order valence-corrected chi connectivity index (χ2v) is 22.1. The van der Waals surface area contributed by atoms with Crippen LogP contribution in [0.5, 0.6) is 40.2 Å². The number of hydrogen-bond donors (Lipinski definition) is 3. The summed E-state index contributed by atoms with van der Waals surface area (Å²) in [7, 11) is -12.5. The lowest BCUT2D eigenvalue weighted by atomic mass is 9.82. The van der Waals surface area contributed by atoms with Gasteiger partial charge in [-0.1, -0.05) is 66.7 Å². The number of aromatic hydroxyl groups is 3. The van der Waals surface area contributed by atoms with Gasteiger partial charge in [-0.25, -0.2) is 0 Å². The lowest BCUT2D eigenvalue weighted by Gasteiger charge is -2.24. The average Bonchev–Trinajstić information content (AvgIpc) is 3.43. The topological polar surface area (TPSA) is 284 Å². The third kappa shape index (κ3) is 9.04. The predicted molar refractivity (Wildman–Crippen MR) is 280 cm³/mol. The summed E-state index contributed by atoms with van der Waals surface area (Å²) in [5.74, 6) is -2.39. The highest BCUT2D eigenvalue weighted by molar-refractivity contribution is 7.88. The summed E-state index contributed by atoms with van der Waals surface area (Å²) < 4.78 is 108. The predicted octanol–water partition coefficient (Wildman–Crippen LogP) is 12.4. The van der Waals surface area contributed by atoms with E-state index in [4.69, 9.17) is 17.3 Å². The molecule has 0 atom stereocenters. The molecule has 0 unspecified atom stereocenters. The first-order valence-corrected chi connectivity index (χ1v) is 26.9. The first-order chi connectivity index (χ1) is 36.1. The van der Waals surface area contributed by atoms with Crippen LogP contribution >= 0.6 is 0 Å². The second kappa shape index (κ2) is 19.4. The van der Waals surface area contributed by atoms with Gasteiger partial charge < -0.3 is 32.6 Å². The van der Waals surface area contributed by atoms with Gasteiger partial charge in [0.25, 0.3) is 0 Å². The molecule has 19 nitrogen and oxygen atoms in total. The van der Waals surface area contributed by atoms with Crippen LogP contribution in [0.25, 0.3) is 47.2 Å². The Morgan fingerprint density at radius 2 is 0.750 bits per heavy atom. The molecule has 0 aliphatic rings. The first kappa shape index (κ1) is 51.4. The summed E-state index contributed by atoms with van der Waals surface area (Å²) in [5, 5.41) is 60.6. The van der Waals surface area contributed by atoms with Gasteiger partial charge in [-0.15, -0.1) is 0 Å². The quantitative estimate of drug-likeness (QED) is 0.0549. The summed E-state index contributed by atoms with van der Waals surface area (Å²) in [4.78, 5) is 8.29. The number of aryl methyl sites for hydroxylation is 4. The lowest BCUT2D eigenvalue weighted by Crippen LogP contribution is -2.14. The number of rotatable bonds is 13. The van der Waals surface area contributed by atoms with E-state index in [1.807, 2.05) is 0 Å². The summed E-state index contributed by atoms with van der Waals surface area (Å²) in [6, 6.07) is 31.7. The van der Waals surface area contributed by atoms with Crippen LogP contribution in [0.3, 0.4) is 0 Å². The molecule has 0 amide bonds. The van der Waals surface area contributed by atoms with E-state index in [2.05, 4.69) is 14.9 Å². The Labute approximate surface area is 434 Å². The maximum absolute atomic E-state index is 14.1. The van der Waals surface area contributed by atoms with Crippen molar-refractivity contribution in [2.45, 2.75) is 48.3 Å². The second-order valence-electron chi connectivity index (χ2n) is 17.6. The number of benzene rings is 9. The third-order valence-electron chi connectivity index (χ3n) is 12.8. The molecular weight excluding hydrogens is 1040 g/mol. The van der Waals surface area contributed by atoms with Crippen molar-refractivity contribution in [2.24, 2.45) is 0 Å². The van der Waals surface area contributed by atoms with Crippen molar-refractivity contribution in [1.29, 1.82) is 16.2 Å². The highest BCUT2D eigenvalue weighted by atomic mass is 32.2. The molecule has 0 radical (unpaired) electrons. The zero-order chi connectivity index (χ0) is 54.6. The molecular formula is C54H41N6O13S3+3. The maximum atomic E-state index is 14.1. The molecule has 9 rings (SSSR count). The smallest absolute Gasteiger partial charge is 0.426 e. The van der Waals surface area contributed by atoms with E-state index >= 15 is 0 Å². The van der Waals surface area contributed by atoms with Gasteiger partial charge in [-0.3, -0.25) is 0 Å². The van der Waals surface area contributed by atoms with Gasteiger partial charge in [0, 0.05) is 56.4 Å². The summed E-state index contributed by atoms with van der Waals surface area (Å²) >= 11 is 0. The molecule has 380 valence electrons. The number of diazo groups is 3. The van der Waals surface area contributed by atoms with E-state index in [9.17, 15) is 56.8 Å². The van der Waals surface area contributed by atoms with Crippen molar-refractivity contribution in [3.63, 3.8) is 0 Å². The van der Waals surface area contributed by atoms with E-state index in [0.717, 1.165) is 0 Å². The van der Waals surface area contributed by atoms with Crippen LogP contribution < -0.4 is 17.3 Å². The SMILES string of the molecule is COc1cc(C(c2cc(C)c(OS(=O)(=O)c3cccc4c(O)c([N+]#N)ccc34)c(C)c2)c2cc(C)c(OS(=O)(=O)c3cccc4c(O)c([N+]#N)ccc34)c(C)c2)ccc1OS(=O)(=O)c1cccc2c(O)c([N+]#N)ccc12. The Bertz CT molecular complexity index is 4220. The minimum atomic E-state index is -4.65. The molecule has 0 saturated carbocycles. The van der Waals surface area contributed by atoms with Crippen molar-refractivity contribution >= 4 is 79.7 Å². The fourth-order valence-electron chi connectivity index (χ4n) is 9.35. The Morgan fingerprint density at radius 1 is 0.408 bits per heavy atom. The summed E-state index contributed by atoms with van der Waals surface area (Å²) in [6.07, 6.45) is 0. The van der Waals surface area contributed by atoms with Crippen LogP contribution in [0, 0.1) is 43.9 Å². The molecule has 0 bridgehead atoms. The van der Waals surface area contributed by atoms with Gasteiger partial charge in [-0.05, 0) is 115 Å². The standard InChI is InChI=1S/C54H38N6O13S3/c1-28-23-33(24-29(2)53(28)72-75(66,67)47-13-7-10-39-36(47)17-20-42(59-56)51(39)62)49(32-15-22-44(45(27-32)70-5)71-74(64,65)46-12-6-9-38-35(46)16-19-41(58-55)50(38)61)34-25-30(3)54(31(4)26-34)73-76(68,69)48-14-8-11-40-37(48)18-21-43(60-57)52(40)63/h6-27,49H,1-5H3/p+3. The van der Waals surface area contributed by atoms with Crippen LogP contribution in [-0.2, 0) is 30.4 Å². The minimum Gasteiger partial charge on any atom is -0.501 e. The van der Waals surface area contributed by atoms with E-state index in [0.29, 0.717) is 38.9 Å². The van der Waals surface area contributed by atoms with Gasteiger partial charge in [0.05, 0.1) is 7.11 Å². The molecule has 9 aromatic carbocycles. The van der Waals surface area contributed by atoms with Crippen LogP contribution in [-0.4, -0.2) is 47.7 Å². The monoisotopic (exact) mass is 1080 g/mol. The fraction of sp³-hybridized carbons (Fsp3) is 0.111. The van der Waals surface area contributed by atoms with Crippen molar-refractivity contribution in [1.82, 2.24) is 0 Å². The summed E-state index contributed by atoms with van der Waals surface area (Å²) in [5.41, 5.74) is 2.58. The van der Waals surface area contributed by atoms with Crippen molar-refractivity contribution < 1.29 is 57.9 Å². The molecule has 0 heterocycles. The highest BCUT2D eigenvalue weighted by Gasteiger charge is 2.31. The lowest BCUT2D eigenvalue weighted by molar-refractivity contribution is 0.390. The molecule has 0 aliphatic carbocycles. The Morgan fingerprint density at radius 3 is 1.08 bits per heavy atom. The van der Waals surface area contributed by atoms with Gasteiger partial charge in [0.1, 0.15) is 26.2 Å². The minimum absolute atomic E-state index is 0.00831. The van der Waals surface area contributed by atoms with E-state index in [1.54, 1.807) is 64.1 Å². The average molecular weight is 1080 g/mol. The van der Waals surface area contributed by atoms with Gasteiger partial charge >= 0.3 is 47.4 Å². The molecule has 0 fully saturated rings. The summed E-state index contributed by atoms with van der Waals surface area (Å²) in [6.45, 7) is 6.56. The zero-order valence-corrected chi connectivity index (χ0v) is 43.1. The fourth-order valence-corrected chi connectivity index (χ4v) is 13.0. The molecule has 0 saturated heterocycles. The Kier molecular flexibility index (Phi) is 13.1. The first-order valence-electron chi connectivity index (χ1n) is 22.7. The zero-order valence-electron chi connectivity index (χ0n) is 40.6. The molecule has 0 aliphatic heterocycles. The number of ether oxygens (including phenoxy) is 1. The van der Waals surface area contributed by atoms with Gasteiger partial charge in [-0.2, -0.15) is 25.3 Å². The van der Waals surface area contributed by atoms with Crippen LogP contribution in [0.2, 0.25) is 0 Å². The molecule has 76 heavy (non-hydrogen) atoms. The number of phenolic OH excluding ortho intramolecular Hbond substituents is 3. The number of phenols is 3. The van der Waals surface area contributed by atoms with E-state index < -0.39 is 53.5 Å². The number of methoxy groups -OCH3 is 1. The van der Waals surface area contributed by atoms with Crippen LogP contribution in [0.15, 0.2) is 148 Å². The molecule has 0 spiro atoms. The van der Waals surface area contributed by atoms with Crippen LogP contribution in [0.1, 0.15) is 44.9 Å². The molecule has 0 aromatic heterocycles. The normalized spacial score (nSPS) is 11.8. The van der Waals surface area contributed by atoms with E-state index in [1.165, 1.54) is 104 Å². The largest absolute Gasteiger partial charge is 0.501 e. The van der Waals surface area contributed by atoms with Crippen LogP contribution in [0.4, 0.5) is 17.1 Å². The van der Waals surface area contributed by atoms with E-state index in [-0.39, 0.29) is 87.1 Å². The molecule has 3 N–H and O–H groups in total.